The summed E-state index contributed by atoms with van der Waals surface area (Å²) >= 11 is 0. The number of ether oxygens (including phenoxy) is 3. The predicted octanol–water partition coefficient (Wildman–Crippen LogP) is 4.88. The van der Waals surface area contributed by atoms with Gasteiger partial charge in [-0.15, -0.1) is 0 Å². The zero-order chi connectivity index (χ0) is 18.1. The first-order chi connectivity index (χ1) is 12.7. The molecular formula is C22H33O3Si. The van der Waals surface area contributed by atoms with E-state index in [1.54, 1.807) is 0 Å². The van der Waals surface area contributed by atoms with Crippen LogP contribution >= 0.6 is 0 Å². The van der Waals surface area contributed by atoms with Crippen LogP contribution in [0.25, 0.3) is 0 Å². The van der Waals surface area contributed by atoms with Gasteiger partial charge < -0.3 is 14.2 Å². The van der Waals surface area contributed by atoms with E-state index in [2.05, 4.69) is 46.7 Å². The van der Waals surface area contributed by atoms with E-state index < -0.39 is 5.60 Å². The lowest BCUT2D eigenvalue weighted by molar-refractivity contribution is -0.335. The van der Waals surface area contributed by atoms with Gasteiger partial charge in [-0.1, -0.05) is 36.5 Å². The second-order valence-electron chi connectivity index (χ2n) is 7.94. The molecule has 26 heavy (non-hydrogen) atoms. The smallest absolute Gasteiger partial charge is 0.248 e. The Hall–Kier alpha value is -0.683. The Labute approximate surface area is 162 Å². The Balaban J connectivity index is 1.50. The van der Waals surface area contributed by atoms with Crippen molar-refractivity contribution < 1.29 is 14.2 Å². The van der Waals surface area contributed by atoms with Gasteiger partial charge in [0, 0.05) is 0 Å². The zero-order valence-corrected chi connectivity index (χ0v) is 16.9. The van der Waals surface area contributed by atoms with Gasteiger partial charge in [0.15, 0.2) is 10.2 Å². The minimum absolute atomic E-state index is 0.554. The molecule has 143 valence electrons. The average molecular weight is 374 g/mol. The highest BCUT2D eigenvalue weighted by Gasteiger charge is 2.31. The fraction of sp³-hybridized carbons (Fsp3) is 0.727. The topological polar surface area (TPSA) is 27.7 Å². The van der Waals surface area contributed by atoms with E-state index in [9.17, 15) is 0 Å². The first kappa shape index (κ1) is 20.1. The maximum Gasteiger partial charge on any atom is 0.248 e. The van der Waals surface area contributed by atoms with Gasteiger partial charge in [0.2, 0.25) is 5.60 Å². The van der Waals surface area contributed by atoms with Crippen molar-refractivity contribution in [1.82, 2.24) is 0 Å². The first-order valence-electron chi connectivity index (χ1n) is 10.4. The predicted molar refractivity (Wildman–Crippen MR) is 106 cm³/mol. The molecule has 0 aliphatic heterocycles. The van der Waals surface area contributed by atoms with Crippen molar-refractivity contribution in [2.24, 2.45) is 17.8 Å². The van der Waals surface area contributed by atoms with Crippen LogP contribution < -0.4 is 0 Å². The van der Waals surface area contributed by atoms with Crippen molar-refractivity contribution in [2.45, 2.75) is 63.4 Å². The van der Waals surface area contributed by atoms with E-state index >= 15 is 0 Å². The Morgan fingerprint density at radius 1 is 0.615 bits per heavy atom. The van der Waals surface area contributed by atoms with Gasteiger partial charge in [-0.25, -0.2) is 0 Å². The van der Waals surface area contributed by atoms with E-state index in [4.69, 9.17) is 14.2 Å². The monoisotopic (exact) mass is 373 g/mol. The molecule has 0 saturated heterocycles. The summed E-state index contributed by atoms with van der Waals surface area (Å²) in [6.07, 6.45) is 23.8. The zero-order valence-electron chi connectivity index (χ0n) is 15.9. The van der Waals surface area contributed by atoms with Gasteiger partial charge in [0.05, 0.1) is 19.8 Å². The molecule has 3 unspecified atom stereocenters. The van der Waals surface area contributed by atoms with Crippen molar-refractivity contribution in [3.8, 4) is 0 Å². The van der Waals surface area contributed by atoms with Crippen molar-refractivity contribution in [1.29, 1.82) is 0 Å². The standard InChI is InChI=1S/C22H33O3Si/c26-22(23-16-19-10-4-1-5-11-19,24-17-20-12-6-2-7-13-20)25-18-21-14-8-3-9-15-21/h1-4,6,8,19-21H,5,7,9-18H2. The maximum absolute atomic E-state index is 6.15. The van der Waals surface area contributed by atoms with Gasteiger partial charge in [0.1, 0.15) is 0 Å². The van der Waals surface area contributed by atoms with Crippen LogP contribution in [0.5, 0.6) is 0 Å². The van der Waals surface area contributed by atoms with E-state index in [-0.39, 0.29) is 0 Å². The summed E-state index contributed by atoms with van der Waals surface area (Å²) in [5, 5.41) is 0. The molecule has 0 spiro atoms. The van der Waals surface area contributed by atoms with E-state index in [0.717, 1.165) is 38.5 Å². The summed E-state index contributed by atoms with van der Waals surface area (Å²) in [7, 11) is 3.71. The molecule has 0 fully saturated rings. The van der Waals surface area contributed by atoms with Crippen molar-refractivity contribution in [3.05, 3.63) is 36.5 Å². The molecule has 0 aromatic heterocycles. The Morgan fingerprint density at radius 2 is 0.962 bits per heavy atom. The SMILES string of the molecule is [Si]C(OCC1CC=CCC1)(OCC1CC=CCC1)OCC1CC=CCC1. The molecule has 4 heteroatoms. The van der Waals surface area contributed by atoms with Crippen LogP contribution in [-0.4, -0.2) is 35.7 Å². The van der Waals surface area contributed by atoms with Crippen LogP contribution in [0.1, 0.15) is 57.8 Å². The van der Waals surface area contributed by atoms with Gasteiger partial charge in [-0.05, 0) is 75.5 Å². The summed E-state index contributed by atoms with van der Waals surface area (Å²) in [4.78, 5) is 0. The molecule has 0 heterocycles. The van der Waals surface area contributed by atoms with Crippen molar-refractivity contribution in [2.75, 3.05) is 19.8 Å². The number of rotatable bonds is 9. The van der Waals surface area contributed by atoms with Crippen LogP contribution in [0, 0.1) is 17.8 Å². The summed E-state index contributed by atoms with van der Waals surface area (Å²) in [6.45, 7) is 2.01. The second kappa shape index (κ2) is 10.6. The van der Waals surface area contributed by atoms with Crippen molar-refractivity contribution >= 4 is 10.2 Å². The van der Waals surface area contributed by atoms with Crippen LogP contribution in [0.4, 0.5) is 0 Å². The van der Waals surface area contributed by atoms with Gasteiger partial charge >= 0.3 is 0 Å². The Kier molecular flexibility index (Phi) is 8.18. The van der Waals surface area contributed by atoms with E-state index in [0.29, 0.717) is 37.6 Å². The molecule has 3 aliphatic carbocycles. The second-order valence-corrected chi connectivity index (χ2v) is 8.55. The molecule has 0 saturated carbocycles. The molecule has 0 N–H and O–H groups in total. The quantitative estimate of drug-likeness (QED) is 0.327. The average Bonchev–Trinajstić information content (AvgIpc) is 2.72. The molecule has 3 radical (unpaired) electrons. The highest BCUT2D eigenvalue weighted by molar-refractivity contribution is 6.12. The molecule has 0 bridgehead atoms. The third-order valence-electron chi connectivity index (χ3n) is 5.66. The summed E-state index contributed by atoms with van der Waals surface area (Å²) in [5.41, 5.74) is -1.11. The fourth-order valence-electron chi connectivity index (χ4n) is 3.83. The van der Waals surface area contributed by atoms with E-state index in [1.807, 2.05) is 0 Å². The normalized spacial score (nSPS) is 31.0. The van der Waals surface area contributed by atoms with Crippen molar-refractivity contribution in [3.63, 3.8) is 0 Å². The summed E-state index contributed by atoms with van der Waals surface area (Å²) in [6, 6.07) is 0. The molecule has 0 amide bonds. The lowest BCUT2D eigenvalue weighted by Crippen LogP contribution is -2.43. The van der Waals surface area contributed by atoms with Crippen LogP contribution in [0.15, 0.2) is 36.5 Å². The molecule has 3 aliphatic rings. The third-order valence-corrected chi connectivity index (χ3v) is 6.09. The Morgan fingerprint density at radius 3 is 1.23 bits per heavy atom. The van der Waals surface area contributed by atoms with Crippen LogP contribution in [0.2, 0.25) is 0 Å². The Bertz CT molecular complexity index is 430. The molecule has 0 aromatic carbocycles. The lowest BCUT2D eigenvalue weighted by atomic mass is 9.95. The third kappa shape index (κ3) is 6.80. The minimum atomic E-state index is -1.11. The van der Waals surface area contributed by atoms with Gasteiger partial charge in [-0.3, -0.25) is 0 Å². The number of allylic oxidation sites excluding steroid dienone is 6. The maximum atomic E-state index is 6.15. The molecule has 3 nitrogen and oxygen atoms in total. The van der Waals surface area contributed by atoms with E-state index in [1.165, 1.54) is 19.3 Å². The fourth-order valence-corrected chi connectivity index (χ4v) is 4.08. The largest absolute Gasteiger partial charge is 0.332 e. The molecular weight excluding hydrogens is 340 g/mol. The number of hydrogen-bond donors (Lipinski definition) is 0. The highest BCUT2D eigenvalue weighted by Crippen LogP contribution is 2.26. The minimum Gasteiger partial charge on any atom is -0.332 e. The first-order valence-corrected chi connectivity index (χ1v) is 10.9. The molecule has 3 atom stereocenters. The summed E-state index contributed by atoms with van der Waals surface area (Å²) in [5.74, 6) is 1.66. The van der Waals surface area contributed by atoms with Crippen LogP contribution in [0.3, 0.4) is 0 Å². The van der Waals surface area contributed by atoms with Gasteiger partial charge in [0.25, 0.3) is 0 Å². The van der Waals surface area contributed by atoms with Gasteiger partial charge in [-0.2, -0.15) is 0 Å². The molecule has 0 aromatic rings. The lowest BCUT2D eigenvalue weighted by Gasteiger charge is -2.35. The summed E-state index contributed by atoms with van der Waals surface area (Å²) < 4.78 is 18.5. The molecule has 3 rings (SSSR count). The number of hydrogen-bond acceptors (Lipinski definition) is 3. The van der Waals surface area contributed by atoms with Crippen LogP contribution in [-0.2, 0) is 14.2 Å². The highest BCUT2D eigenvalue weighted by atomic mass is 28.1.